The van der Waals surface area contributed by atoms with Crippen LogP contribution in [0.15, 0.2) is 77.7 Å². The molecule has 1 atom stereocenters. The van der Waals surface area contributed by atoms with Gasteiger partial charge in [-0.3, -0.25) is 9.10 Å². The number of hydrogen-bond donors (Lipinski definition) is 1. The maximum atomic E-state index is 13.7. The van der Waals surface area contributed by atoms with Crippen molar-refractivity contribution in [3.63, 3.8) is 0 Å². The van der Waals surface area contributed by atoms with Gasteiger partial charge in [0.1, 0.15) is 6.54 Å². The quantitative estimate of drug-likeness (QED) is 0.387. The summed E-state index contributed by atoms with van der Waals surface area (Å²) in [6, 6.07) is 20.8. The van der Waals surface area contributed by atoms with E-state index < -0.39 is 22.5 Å². The highest BCUT2D eigenvalue weighted by molar-refractivity contribution is 7.92. The Balaban J connectivity index is 1.99. The van der Waals surface area contributed by atoms with E-state index in [2.05, 4.69) is 19.2 Å². The standard InChI is InChI=1S/C28H34N2O5S/c1-20(2)17-25(22-9-7-6-8-10-22)29-28(31)19-30(23-13-16-26(34-4)27(18-23)35-5)36(32,33)24-14-11-21(3)12-15-24/h6-16,18,20,25H,17,19H2,1-5H3,(H,29,31)/t25-/m0/s1. The number of rotatable bonds is 11. The van der Waals surface area contributed by atoms with Gasteiger partial charge < -0.3 is 14.8 Å². The van der Waals surface area contributed by atoms with Crippen molar-refractivity contribution in [2.24, 2.45) is 5.92 Å². The molecule has 7 nitrogen and oxygen atoms in total. The largest absolute Gasteiger partial charge is 0.493 e. The number of benzene rings is 3. The zero-order valence-electron chi connectivity index (χ0n) is 21.4. The van der Waals surface area contributed by atoms with Gasteiger partial charge in [-0.1, -0.05) is 61.9 Å². The normalized spacial score (nSPS) is 12.2. The zero-order chi connectivity index (χ0) is 26.3. The number of amides is 1. The molecule has 3 rings (SSSR count). The highest BCUT2D eigenvalue weighted by Gasteiger charge is 2.29. The molecule has 8 heteroatoms. The van der Waals surface area contributed by atoms with Gasteiger partial charge >= 0.3 is 0 Å². The van der Waals surface area contributed by atoms with Crippen LogP contribution >= 0.6 is 0 Å². The molecular formula is C28H34N2O5S. The molecule has 0 unspecified atom stereocenters. The fraction of sp³-hybridized carbons (Fsp3) is 0.321. The van der Waals surface area contributed by atoms with Crippen LogP contribution in [0.25, 0.3) is 0 Å². The van der Waals surface area contributed by atoms with Gasteiger partial charge in [0.15, 0.2) is 11.5 Å². The molecule has 0 bridgehead atoms. The minimum Gasteiger partial charge on any atom is -0.493 e. The highest BCUT2D eigenvalue weighted by atomic mass is 32.2. The van der Waals surface area contributed by atoms with E-state index in [9.17, 15) is 13.2 Å². The molecule has 0 fully saturated rings. The van der Waals surface area contributed by atoms with Crippen LogP contribution in [-0.2, 0) is 14.8 Å². The molecule has 0 saturated heterocycles. The van der Waals surface area contributed by atoms with Crippen molar-refractivity contribution in [3.05, 3.63) is 83.9 Å². The number of carbonyl (C=O) groups is 1. The fourth-order valence-corrected chi connectivity index (χ4v) is 5.35. The number of carbonyl (C=O) groups excluding carboxylic acids is 1. The van der Waals surface area contributed by atoms with E-state index in [1.807, 2.05) is 37.3 Å². The first-order chi connectivity index (χ1) is 17.1. The lowest BCUT2D eigenvalue weighted by atomic mass is 9.97. The molecule has 3 aromatic carbocycles. The maximum absolute atomic E-state index is 13.7. The molecule has 1 amide bonds. The Bertz CT molecular complexity index is 1260. The van der Waals surface area contributed by atoms with Crippen LogP contribution in [0.4, 0.5) is 5.69 Å². The monoisotopic (exact) mass is 510 g/mol. The molecule has 1 N–H and O–H groups in total. The Morgan fingerprint density at radius 2 is 1.56 bits per heavy atom. The summed E-state index contributed by atoms with van der Waals surface area (Å²) in [6.07, 6.45) is 0.719. The third-order valence-electron chi connectivity index (χ3n) is 5.80. The number of nitrogens with zero attached hydrogens (tertiary/aromatic N) is 1. The zero-order valence-corrected chi connectivity index (χ0v) is 22.2. The van der Waals surface area contributed by atoms with Gasteiger partial charge in [-0.05, 0) is 49.1 Å². The fourth-order valence-electron chi connectivity index (χ4n) is 3.94. The lowest BCUT2D eigenvalue weighted by Crippen LogP contribution is -2.42. The molecule has 36 heavy (non-hydrogen) atoms. The number of aryl methyl sites for hydroxylation is 1. The molecule has 0 saturated carbocycles. The lowest BCUT2D eigenvalue weighted by molar-refractivity contribution is -0.120. The molecule has 192 valence electrons. The lowest BCUT2D eigenvalue weighted by Gasteiger charge is -2.27. The smallest absolute Gasteiger partial charge is 0.264 e. The van der Waals surface area contributed by atoms with E-state index in [0.717, 1.165) is 21.9 Å². The first kappa shape index (κ1) is 27.1. The second kappa shape index (κ2) is 11.9. The first-order valence-corrected chi connectivity index (χ1v) is 13.3. The SMILES string of the molecule is COc1ccc(N(CC(=O)N[C@@H](CC(C)C)c2ccccc2)S(=O)(=O)c2ccc(C)cc2)cc1OC. The van der Waals surface area contributed by atoms with Crippen molar-refractivity contribution in [1.82, 2.24) is 5.32 Å². The third-order valence-corrected chi connectivity index (χ3v) is 7.58. The Kier molecular flexibility index (Phi) is 8.98. The summed E-state index contributed by atoms with van der Waals surface area (Å²) in [7, 11) is -1.08. The predicted molar refractivity (Wildman–Crippen MR) is 142 cm³/mol. The van der Waals surface area contributed by atoms with Crippen LogP contribution in [-0.4, -0.2) is 35.1 Å². The van der Waals surface area contributed by atoms with Crippen molar-refractivity contribution < 1.29 is 22.7 Å². The van der Waals surface area contributed by atoms with E-state index >= 15 is 0 Å². The van der Waals surface area contributed by atoms with Gasteiger partial charge in [0.2, 0.25) is 5.91 Å². The minimum absolute atomic E-state index is 0.0949. The summed E-state index contributed by atoms with van der Waals surface area (Å²) in [5, 5.41) is 3.05. The number of hydrogen-bond acceptors (Lipinski definition) is 5. The predicted octanol–water partition coefficient (Wildman–Crippen LogP) is 5.11. The van der Waals surface area contributed by atoms with Crippen LogP contribution in [0.5, 0.6) is 11.5 Å². The summed E-state index contributed by atoms with van der Waals surface area (Å²) in [5.41, 5.74) is 2.20. The van der Waals surface area contributed by atoms with Crippen LogP contribution in [0.1, 0.15) is 37.4 Å². The van der Waals surface area contributed by atoms with E-state index in [0.29, 0.717) is 23.1 Å². The molecule has 0 spiro atoms. The highest BCUT2D eigenvalue weighted by Crippen LogP contribution is 2.34. The van der Waals surface area contributed by atoms with Gasteiger partial charge in [0.25, 0.3) is 10.0 Å². The number of sulfonamides is 1. The molecule has 0 heterocycles. The van der Waals surface area contributed by atoms with Crippen molar-refractivity contribution in [2.45, 2.75) is 38.1 Å². The van der Waals surface area contributed by atoms with Gasteiger partial charge in [-0.25, -0.2) is 8.42 Å². The summed E-state index contributed by atoms with van der Waals surface area (Å²) >= 11 is 0. The number of ether oxygens (including phenoxy) is 2. The van der Waals surface area contributed by atoms with Crippen LogP contribution < -0.4 is 19.1 Å². The Hall–Kier alpha value is -3.52. The molecular weight excluding hydrogens is 476 g/mol. The molecule has 0 aliphatic rings. The Labute approximate surface area is 214 Å². The molecule has 0 aliphatic heterocycles. The van der Waals surface area contributed by atoms with E-state index in [1.165, 1.54) is 14.2 Å². The van der Waals surface area contributed by atoms with Gasteiger partial charge in [-0.15, -0.1) is 0 Å². The number of nitrogens with one attached hydrogen (secondary N) is 1. The van der Waals surface area contributed by atoms with Crippen LogP contribution in [0.3, 0.4) is 0 Å². The minimum atomic E-state index is -4.06. The number of methoxy groups -OCH3 is 2. The molecule has 3 aromatic rings. The topological polar surface area (TPSA) is 84.9 Å². The van der Waals surface area contributed by atoms with Crippen LogP contribution in [0.2, 0.25) is 0 Å². The molecule has 0 radical (unpaired) electrons. The average Bonchev–Trinajstić information content (AvgIpc) is 2.87. The summed E-state index contributed by atoms with van der Waals surface area (Å²) < 4.78 is 39.3. The maximum Gasteiger partial charge on any atom is 0.264 e. The second-order valence-corrected chi connectivity index (χ2v) is 10.9. The second-order valence-electron chi connectivity index (χ2n) is 9.02. The van der Waals surface area contributed by atoms with E-state index in [-0.39, 0.29) is 10.9 Å². The first-order valence-electron chi connectivity index (χ1n) is 11.8. The van der Waals surface area contributed by atoms with Crippen molar-refractivity contribution in [1.29, 1.82) is 0 Å². The third kappa shape index (κ3) is 6.57. The summed E-state index contributed by atoms with van der Waals surface area (Å²) in [6.45, 7) is 5.65. The Morgan fingerprint density at radius 3 is 2.14 bits per heavy atom. The average molecular weight is 511 g/mol. The molecule has 0 aliphatic carbocycles. The molecule has 0 aromatic heterocycles. The van der Waals surface area contributed by atoms with Gasteiger partial charge in [-0.2, -0.15) is 0 Å². The Morgan fingerprint density at radius 1 is 0.917 bits per heavy atom. The van der Waals surface area contributed by atoms with Gasteiger partial charge in [0, 0.05) is 6.07 Å². The summed E-state index contributed by atoms with van der Waals surface area (Å²) in [4.78, 5) is 13.4. The van der Waals surface area contributed by atoms with Gasteiger partial charge in [0.05, 0.1) is 30.8 Å². The van der Waals surface area contributed by atoms with Crippen molar-refractivity contribution >= 4 is 21.6 Å². The van der Waals surface area contributed by atoms with E-state index in [4.69, 9.17) is 9.47 Å². The van der Waals surface area contributed by atoms with Crippen molar-refractivity contribution in [2.75, 3.05) is 25.1 Å². The van der Waals surface area contributed by atoms with Crippen LogP contribution in [0, 0.1) is 12.8 Å². The number of anilines is 1. The summed E-state index contributed by atoms with van der Waals surface area (Å²) in [5.74, 6) is 0.740. The van der Waals surface area contributed by atoms with Crippen molar-refractivity contribution in [3.8, 4) is 11.5 Å². The van der Waals surface area contributed by atoms with E-state index in [1.54, 1.807) is 42.5 Å².